The quantitative estimate of drug-likeness (QED) is 0.694. The minimum Gasteiger partial charge on any atom is -0.338 e. The second kappa shape index (κ2) is 7.45. The summed E-state index contributed by atoms with van der Waals surface area (Å²) in [7, 11) is 0. The molecule has 0 radical (unpaired) electrons. The summed E-state index contributed by atoms with van der Waals surface area (Å²) in [6, 6.07) is 15.6. The molecule has 27 heavy (non-hydrogen) atoms. The van der Waals surface area contributed by atoms with E-state index in [1.165, 1.54) is 5.56 Å². The van der Waals surface area contributed by atoms with Crippen LogP contribution >= 0.6 is 11.6 Å². The van der Waals surface area contributed by atoms with Crippen molar-refractivity contribution in [2.45, 2.75) is 6.92 Å². The lowest BCUT2D eigenvalue weighted by Crippen LogP contribution is -2.49. The van der Waals surface area contributed by atoms with E-state index in [0.29, 0.717) is 23.7 Å². The number of rotatable bonds is 3. The number of halogens is 1. The van der Waals surface area contributed by atoms with Crippen molar-refractivity contribution in [1.82, 2.24) is 14.5 Å². The number of aromatic nitrogens is 2. The SMILES string of the molecule is Cc1ccc(-n2ccnc2N2CCN(C(=O)c3ccccc3Cl)CC2)cc1. The molecule has 1 aliphatic rings. The zero-order valence-electron chi connectivity index (χ0n) is 15.2. The smallest absolute Gasteiger partial charge is 0.255 e. The number of aryl methyl sites for hydroxylation is 1. The van der Waals surface area contributed by atoms with Gasteiger partial charge in [-0.1, -0.05) is 41.4 Å². The molecule has 1 saturated heterocycles. The summed E-state index contributed by atoms with van der Waals surface area (Å²) in [5.41, 5.74) is 2.88. The standard InChI is InChI=1S/C21H21ClN4O/c1-16-6-8-17(9-7-16)26-11-10-23-21(26)25-14-12-24(13-15-25)20(27)18-4-2-3-5-19(18)22/h2-11H,12-15H2,1H3. The van der Waals surface area contributed by atoms with E-state index < -0.39 is 0 Å². The highest BCUT2D eigenvalue weighted by Gasteiger charge is 2.25. The molecule has 5 nitrogen and oxygen atoms in total. The normalized spacial score (nSPS) is 14.4. The summed E-state index contributed by atoms with van der Waals surface area (Å²) >= 11 is 6.18. The number of carbonyl (C=O) groups is 1. The third-order valence-corrected chi connectivity index (χ3v) is 5.22. The van der Waals surface area contributed by atoms with Gasteiger partial charge in [-0.05, 0) is 31.2 Å². The molecule has 3 aromatic rings. The van der Waals surface area contributed by atoms with Crippen molar-refractivity contribution in [3.05, 3.63) is 77.1 Å². The number of imidazole rings is 1. The van der Waals surface area contributed by atoms with Gasteiger partial charge < -0.3 is 9.80 Å². The number of piperazine rings is 1. The van der Waals surface area contributed by atoms with E-state index in [9.17, 15) is 4.79 Å². The van der Waals surface area contributed by atoms with Crippen molar-refractivity contribution in [3.8, 4) is 5.69 Å². The van der Waals surface area contributed by atoms with Crippen molar-refractivity contribution >= 4 is 23.5 Å². The fourth-order valence-corrected chi connectivity index (χ4v) is 3.57. The minimum absolute atomic E-state index is 0.0119. The number of anilines is 1. The molecule has 138 valence electrons. The Balaban J connectivity index is 1.48. The van der Waals surface area contributed by atoms with Crippen molar-refractivity contribution < 1.29 is 4.79 Å². The summed E-state index contributed by atoms with van der Waals surface area (Å²) in [5.74, 6) is 0.894. The van der Waals surface area contributed by atoms with Gasteiger partial charge in [0.25, 0.3) is 5.91 Å². The maximum atomic E-state index is 12.7. The molecule has 0 N–H and O–H groups in total. The van der Waals surface area contributed by atoms with E-state index in [0.717, 1.165) is 24.7 Å². The average molecular weight is 381 g/mol. The van der Waals surface area contributed by atoms with Crippen molar-refractivity contribution in [2.24, 2.45) is 0 Å². The van der Waals surface area contributed by atoms with Gasteiger partial charge in [-0.25, -0.2) is 4.98 Å². The summed E-state index contributed by atoms with van der Waals surface area (Å²) < 4.78 is 2.09. The molecule has 4 rings (SSSR count). The highest BCUT2D eigenvalue weighted by atomic mass is 35.5. The van der Waals surface area contributed by atoms with Gasteiger partial charge >= 0.3 is 0 Å². The molecule has 2 heterocycles. The Bertz CT molecular complexity index is 943. The third kappa shape index (κ3) is 3.55. The van der Waals surface area contributed by atoms with Crippen LogP contribution in [0, 0.1) is 6.92 Å². The predicted molar refractivity (Wildman–Crippen MR) is 108 cm³/mol. The fourth-order valence-electron chi connectivity index (χ4n) is 3.35. The molecule has 1 amide bonds. The molecule has 0 bridgehead atoms. The van der Waals surface area contributed by atoms with Crippen LogP contribution in [0.25, 0.3) is 5.69 Å². The Kier molecular flexibility index (Phi) is 4.86. The molecular formula is C21H21ClN4O. The van der Waals surface area contributed by atoms with E-state index in [2.05, 4.69) is 45.6 Å². The zero-order chi connectivity index (χ0) is 18.8. The fraction of sp³-hybridized carbons (Fsp3) is 0.238. The Morgan fingerprint density at radius 3 is 2.41 bits per heavy atom. The average Bonchev–Trinajstić information content (AvgIpc) is 3.18. The number of amides is 1. The molecule has 1 fully saturated rings. The highest BCUT2D eigenvalue weighted by molar-refractivity contribution is 6.33. The predicted octanol–water partition coefficient (Wildman–Crippen LogP) is 3.80. The molecule has 2 aromatic carbocycles. The maximum absolute atomic E-state index is 12.7. The molecule has 6 heteroatoms. The van der Waals surface area contributed by atoms with Crippen molar-refractivity contribution in [1.29, 1.82) is 0 Å². The number of hydrogen-bond acceptors (Lipinski definition) is 3. The first-order valence-electron chi connectivity index (χ1n) is 9.02. The lowest BCUT2D eigenvalue weighted by molar-refractivity contribution is 0.0746. The van der Waals surface area contributed by atoms with Crippen LogP contribution < -0.4 is 4.90 Å². The van der Waals surface area contributed by atoms with Gasteiger partial charge in [0.05, 0.1) is 10.6 Å². The van der Waals surface area contributed by atoms with Gasteiger partial charge in [-0.15, -0.1) is 0 Å². The van der Waals surface area contributed by atoms with Gasteiger partial charge in [0, 0.05) is 44.3 Å². The first-order valence-corrected chi connectivity index (χ1v) is 9.40. The zero-order valence-corrected chi connectivity index (χ0v) is 15.9. The van der Waals surface area contributed by atoms with Crippen LogP contribution in [0.15, 0.2) is 60.9 Å². The van der Waals surface area contributed by atoms with E-state index in [1.54, 1.807) is 12.1 Å². The third-order valence-electron chi connectivity index (χ3n) is 4.89. The number of benzene rings is 2. The Morgan fingerprint density at radius 1 is 1.00 bits per heavy atom. The molecule has 0 aliphatic carbocycles. The van der Waals surface area contributed by atoms with Gasteiger partial charge in [-0.3, -0.25) is 9.36 Å². The van der Waals surface area contributed by atoms with Crippen LogP contribution in [0.5, 0.6) is 0 Å². The Hall–Kier alpha value is -2.79. The van der Waals surface area contributed by atoms with E-state index in [-0.39, 0.29) is 5.91 Å². The van der Waals surface area contributed by atoms with Crippen LogP contribution in [0.1, 0.15) is 15.9 Å². The number of hydrogen-bond donors (Lipinski definition) is 0. The van der Waals surface area contributed by atoms with Crippen LogP contribution in [0.2, 0.25) is 5.02 Å². The Labute approximate surface area is 163 Å². The van der Waals surface area contributed by atoms with E-state index in [1.807, 2.05) is 29.4 Å². The lowest BCUT2D eigenvalue weighted by Gasteiger charge is -2.35. The van der Waals surface area contributed by atoms with Crippen molar-refractivity contribution in [3.63, 3.8) is 0 Å². The van der Waals surface area contributed by atoms with Gasteiger partial charge in [0.1, 0.15) is 0 Å². The van der Waals surface area contributed by atoms with Crippen LogP contribution in [0.4, 0.5) is 5.95 Å². The maximum Gasteiger partial charge on any atom is 0.255 e. The topological polar surface area (TPSA) is 41.4 Å². The number of carbonyl (C=O) groups excluding carboxylic acids is 1. The second-order valence-electron chi connectivity index (χ2n) is 6.69. The Morgan fingerprint density at radius 2 is 1.70 bits per heavy atom. The summed E-state index contributed by atoms with van der Waals surface area (Å²) in [5, 5.41) is 0.500. The molecule has 1 aromatic heterocycles. The van der Waals surface area contributed by atoms with Crippen LogP contribution in [-0.4, -0.2) is 46.5 Å². The highest BCUT2D eigenvalue weighted by Crippen LogP contribution is 2.22. The summed E-state index contributed by atoms with van der Waals surface area (Å²) in [6.07, 6.45) is 3.79. The largest absolute Gasteiger partial charge is 0.338 e. The summed E-state index contributed by atoms with van der Waals surface area (Å²) in [4.78, 5) is 21.4. The summed E-state index contributed by atoms with van der Waals surface area (Å²) in [6.45, 7) is 4.83. The van der Waals surface area contributed by atoms with Crippen LogP contribution in [0.3, 0.4) is 0 Å². The minimum atomic E-state index is -0.0119. The molecule has 0 spiro atoms. The van der Waals surface area contributed by atoms with Crippen molar-refractivity contribution in [2.75, 3.05) is 31.1 Å². The second-order valence-corrected chi connectivity index (χ2v) is 7.10. The molecule has 0 unspecified atom stereocenters. The monoisotopic (exact) mass is 380 g/mol. The van der Waals surface area contributed by atoms with Crippen LogP contribution in [-0.2, 0) is 0 Å². The van der Waals surface area contributed by atoms with Gasteiger partial charge in [0.2, 0.25) is 5.95 Å². The first kappa shape index (κ1) is 17.6. The molecular weight excluding hydrogens is 360 g/mol. The molecule has 0 saturated carbocycles. The molecule has 1 aliphatic heterocycles. The molecule has 0 atom stereocenters. The van der Waals surface area contributed by atoms with E-state index in [4.69, 9.17) is 11.6 Å². The lowest BCUT2D eigenvalue weighted by atomic mass is 10.2. The number of nitrogens with zero attached hydrogens (tertiary/aromatic N) is 4. The van der Waals surface area contributed by atoms with Gasteiger partial charge in [-0.2, -0.15) is 0 Å². The first-order chi connectivity index (χ1) is 13.1. The van der Waals surface area contributed by atoms with E-state index >= 15 is 0 Å². The van der Waals surface area contributed by atoms with Gasteiger partial charge in [0.15, 0.2) is 0 Å².